The number of hydrogen-bond acceptors (Lipinski definition) is 4. The third kappa shape index (κ3) is 4.93. The smallest absolute Gasteiger partial charge is 0.251 e. The Bertz CT molecular complexity index is 483. The van der Waals surface area contributed by atoms with E-state index in [0.29, 0.717) is 17.2 Å². The van der Waals surface area contributed by atoms with Crippen molar-refractivity contribution in [2.24, 2.45) is 5.92 Å². The normalized spacial score (nSPS) is 12.6. The molecule has 1 amide bonds. The molecule has 5 heteroatoms. The van der Waals surface area contributed by atoms with Gasteiger partial charge in [0.2, 0.25) is 0 Å². The summed E-state index contributed by atoms with van der Waals surface area (Å²) in [6.07, 6.45) is 0. The molecule has 118 valence electrons. The Morgan fingerprint density at radius 3 is 2.29 bits per heavy atom. The van der Waals surface area contributed by atoms with E-state index in [1.807, 2.05) is 45.2 Å². The molecule has 1 aromatic rings. The van der Waals surface area contributed by atoms with Gasteiger partial charge in [0, 0.05) is 32.2 Å². The lowest BCUT2D eigenvalue weighted by atomic mass is 10.0. The van der Waals surface area contributed by atoms with Gasteiger partial charge in [0.1, 0.15) is 0 Å². The fourth-order valence-corrected chi connectivity index (χ4v) is 2.17. The summed E-state index contributed by atoms with van der Waals surface area (Å²) < 4.78 is 0. The summed E-state index contributed by atoms with van der Waals surface area (Å²) in [5.74, 6) is 0.294. The monoisotopic (exact) mass is 292 g/mol. The van der Waals surface area contributed by atoms with Crippen LogP contribution in [0.1, 0.15) is 24.2 Å². The van der Waals surface area contributed by atoms with E-state index in [-0.39, 0.29) is 11.9 Å². The average molecular weight is 292 g/mol. The molecule has 0 bridgehead atoms. The molecule has 5 nitrogen and oxygen atoms in total. The number of carbonyl (C=O) groups excluding carboxylic acids is 1. The van der Waals surface area contributed by atoms with Gasteiger partial charge >= 0.3 is 0 Å². The molecule has 1 rings (SSSR count). The van der Waals surface area contributed by atoms with Crippen LogP contribution < -0.4 is 16.0 Å². The van der Waals surface area contributed by atoms with E-state index < -0.39 is 0 Å². The molecule has 0 radical (unpaired) electrons. The number of anilines is 2. The van der Waals surface area contributed by atoms with Gasteiger partial charge in [-0.25, -0.2) is 0 Å². The Labute approximate surface area is 128 Å². The lowest BCUT2D eigenvalue weighted by molar-refractivity contribution is 0.0916. The van der Waals surface area contributed by atoms with Crippen molar-refractivity contribution < 1.29 is 4.79 Å². The molecule has 0 saturated heterocycles. The van der Waals surface area contributed by atoms with Crippen molar-refractivity contribution in [3.63, 3.8) is 0 Å². The fourth-order valence-electron chi connectivity index (χ4n) is 2.17. The highest BCUT2D eigenvalue weighted by Crippen LogP contribution is 2.22. The van der Waals surface area contributed by atoms with Gasteiger partial charge in [-0.1, -0.05) is 13.8 Å². The van der Waals surface area contributed by atoms with Crippen molar-refractivity contribution in [3.8, 4) is 0 Å². The van der Waals surface area contributed by atoms with Crippen molar-refractivity contribution in [1.29, 1.82) is 0 Å². The predicted molar refractivity (Wildman–Crippen MR) is 89.8 cm³/mol. The number of amides is 1. The first-order valence-electron chi connectivity index (χ1n) is 7.24. The van der Waals surface area contributed by atoms with Crippen LogP contribution in [-0.4, -0.2) is 51.6 Å². The Morgan fingerprint density at radius 1 is 1.24 bits per heavy atom. The van der Waals surface area contributed by atoms with E-state index in [4.69, 9.17) is 5.73 Å². The third-order valence-electron chi connectivity index (χ3n) is 3.45. The average Bonchev–Trinajstić information content (AvgIpc) is 2.36. The van der Waals surface area contributed by atoms with Gasteiger partial charge in [-0.05, 0) is 38.2 Å². The molecule has 1 unspecified atom stereocenters. The Kier molecular flexibility index (Phi) is 6.03. The van der Waals surface area contributed by atoms with Gasteiger partial charge in [-0.15, -0.1) is 0 Å². The first-order chi connectivity index (χ1) is 9.72. The van der Waals surface area contributed by atoms with Gasteiger partial charge in [-0.3, -0.25) is 4.79 Å². The summed E-state index contributed by atoms with van der Waals surface area (Å²) in [5.41, 5.74) is 8.13. The lowest BCUT2D eigenvalue weighted by Gasteiger charge is -2.26. The Balaban J connectivity index is 2.85. The van der Waals surface area contributed by atoms with Crippen LogP contribution in [0.4, 0.5) is 11.4 Å². The summed E-state index contributed by atoms with van der Waals surface area (Å²) >= 11 is 0. The summed E-state index contributed by atoms with van der Waals surface area (Å²) in [4.78, 5) is 16.4. The van der Waals surface area contributed by atoms with Gasteiger partial charge in [0.05, 0.1) is 11.4 Å². The minimum Gasteiger partial charge on any atom is -0.397 e. The number of hydrogen-bond donors (Lipinski definition) is 2. The second kappa shape index (κ2) is 7.31. The molecule has 1 atom stereocenters. The molecule has 0 spiro atoms. The van der Waals surface area contributed by atoms with Gasteiger partial charge in [0.25, 0.3) is 5.91 Å². The molecule has 0 fully saturated rings. The van der Waals surface area contributed by atoms with Crippen molar-refractivity contribution >= 4 is 17.3 Å². The van der Waals surface area contributed by atoms with E-state index >= 15 is 0 Å². The molecule has 3 N–H and O–H groups in total. The fraction of sp³-hybridized carbons (Fsp3) is 0.562. The minimum atomic E-state index is -0.0763. The zero-order valence-electron chi connectivity index (χ0n) is 14.0. The number of likely N-dealkylation sites (N-methyl/N-ethyl adjacent to an activating group) is 1. The largest absolute Gasteiger partial charge is 0.397 e. The number of nitrogens with two attached hydrogens (primary N) is 1. The minimum absolute atomic E-state index is 0.0763. The van der Waals surface area contributed by atoms with E-state index in [0.717, 1.165) is 12.2 Å². The highest BCUT2D eigenvalue weighted by molar-refractivity contribution is 5.96. The Morgan fingerprint density at radius 2 is 1.86 bits per heavy atom. The lowest BCUT2D eigenvalue weighted by Crippen LogP contribution is -2.45. The highest BCUT2D eigenvalue weighted by Gasteiger charge is 2.18. The van der Waals surface area contributed by atoms with Crippen molar-refractivity contribution in [1.82, 2.24) is 10.2 Å². The SMILES string of the molecule is CC(C)C(CN(C)C)NC(=O)c1ccc(N(C)C)c(N)c1. The van der Waals surface area contributed by atoms with Crippen molar-refractivity contribution in [3.05, 3.63) is 23.8 Å². The quantitative estimate of drug-likeness (QED) is 0.783. The maximum Gasteiger partial charge on any atom is 0.251 e. The first-order valence-corrected chi connectivity index (χ1v) is 7.24. The van der Waals surface area contributed by atoms with Crippen LogP contribution in [0.25, 0.3) is 0 Å². The molecular weight excluding hydrogens is 264 g/mol. The molecule has 0 saturated carbocycles. The predicted octanol–water partition coefficient (Wildman–Crippen LogP) is 1.65. The van der Waals surface area contributed by atoms with E-state index in [1.165, 1.54) is 0 Å². The van der Waals surface area contributed by atoms with E-state index in [1.54, 1.807) is 6.07 Å². The molecule has 0 aromatic heterocycles. The summed E-state index contributed by atoms with van der Waals surface area (Å²) in [6.45, 7) is 5.03. The second-order valence-electron chi connectivity index (χ2n) is 6.25. The van der Waals surface area contributed by atoms with Crippen LogP contribution in [0.2, 0.25) is 0 Å². The van der Waals surface area contributed by atoms with Crippen molar-refractivity contribution in [2.45, 2.75) is 19.9 Å². The zero-order valence-corrected chi connectivity index (χ0v) is 14.0. The van der Waals surface area contributed by atoms with Crippen molar-refractivity contribution in [2.75, 3.05) is 45.4 Å². The molecule has 0 aliphatic heterocycles. The summed E-state index contributed by atoms with van der Waals surface area (Å²) in [7, 11) is 7.87. The van der Waals surface area contributed by atoms with Gasteiger partial charge < -0.3 is 20.9 Å². The maximum absolute atomic E-state index is 12.4. The molecule has 21 heavy (non-hydrogen) atoms. The van der Waals surface area contributed by atoms with Crippen LogP contribution in [0.5, 0.6) is 0 Å². The first kappa shape index (κ1) is 17.3. The topological polar surface area (TPSA) is 61.6 Å². The van der Waals surface area contributed by atoms with Crippen LogP contribution in [0, 0.1) is 5.92 Å². The number of benzene rings is 1. The number of nitrogens with zero attached hydrogens (tertiary/aromatic N) is 2. The molecule has 0 heterocycles. The van der Waals surface area contributed by atoms with Gasteiger partial charge in [-0.2, -0.15) is 0 Å². The molecule has 0 aliphatic carbocycles. The summed E-state index contributed by atoms with van der Waals surface area (Å²) in [5, 5.41) is 3.09. The van der Waals surface area contributed by atoms with Gasteiger partial charge in [0.15, 0.2) is 0 Å². The molecule has 1 aromatic carbocycles. The number of nitrogens with one attached hydrogen (secondary N) is 1. The highest BCUT2D eigenvalue weighted by atomic mass is 16.1. The van der Waals surface area contributed by atoms with Crippen LogP contribution in [0.3, 0.4) is 0 Å². The summed E-state index contributed by atoms with van der Waals surface area (Å²) in [6, 6.07) is 5.54. The second-order valence-corrected chi connectivity index (χ2v) is 6.25. The Hall–Kier alpha value is -1.75. The third-order valence-corrected chi connectivity index (χ3v) is 3.45. The number of carbonyl (C=O) groups is 1. The molecular formula is C16H28N4O. The van der Waals surface area contributed by atoms with Crippen LogP contribution in [0.15, 0.2) is 18.2 Å². The standard InChI is InChI=1S/C16H28N4O/c1-11(2)14(10-19(3)4)18-16(21)12-7-8-15(20(5)6)13(17)9-12/h7-9,11,14H,10,17H2,1-6H3,(H,18,21). The van der Waals surface area contributed by atoms with E-state index in [9.17, 15) is 4.79 Å². The zero-order chi connectivity index (χ0) is 16.2. The molecule has 0 aliphatic rings. The number of rotatable bonds is 6. The maximum atomic E-state index is 12.4. The van der Waals surface area contributed by atoms with E-state index in [2.05, 4.69) is 24.1 Å². The van der Waals surface area contributed by atoms with Crippen LogP contribution in [-0.2, 0) is 0 Å². The van der Waals surface area contributed by atoms with Crippen LogP contribution >= 0.6 is 0 Å². The number of nitrogen functional groups attached to an aromatic ring is 1.